The number of benzene rings is 3. The highest BCUT2D eigenvalue weighted by atomic mass is 32.2. The highest BCUT2D eigenvalue weighted by molar-refractivity contribution is 7.92. The van der Waals surface area contributed by atoms with E-state index in [1.54, 1.807) is 24.3 Å². The van der Waals surface area contributed by atoms with Gasteiger partial charge in [-0.2, -0.15) is 0 Å². The van der Waals surface area contributed by atoms with Gasteiger partial charge in [0.25, 0.3) is 10.0 Å². The van der Waals surface area contributed by atoms with Crippen molar-refractivity contribution in [1.82, 2.24) is 5.32 Å². The molecule has 8 heteroatoms. The maximum Gasteiger partial charge on any atom is 0.413 e. The molecule has 1 aromatic heterocycles. The van der Waals surface area contributed by atoms with Crippen LogP contribution in [0.1, 0.15) is 52.0 Å². The molecule has 1 aliphatic rings. The van der Waals surface area contributed by atoms with Crippen molar-refractivity contribution in [2.24, 2.45) is 0 Å². The molecule has 1 amide bonds. The van der Waals surface area contributed by atoms with Crippen LogP contribution in [0.3, 0.4) is 0 Å². The topological polar surface area (TPSA) is 84.5 Å². The van der Waals surface area contributed by atoms with Gasteiger partial charge in [0, 0.05) is 27.4 Å². The quantitative estimate of drug-likeness (QED) is 0.259. The normalized spacial score (nSPS) is 14.5. The molecule has 0 unspecified atom stereocenters. The van der Waals surface area contributed by atoms with Gasteiger partial charge in [0.1, 0.15) is 0 Å². The second-order valence-electron chi connectivity index (χ2n) is 10.7. The highest BCUT2D eigenvalue weighted by Crippen LogP contribution is 2.45. The smallest absolute Gasteiger partial charge is 0.398 e. The van der Waals surface area contributed by atoms with Crippen LogP contribution in [0.4, 0.5) is 10.5 Å². The van der Waals surface area contributed by atoms with Crippen LogP contribution in [0, 0.1) is 0 Å². The van der Waals surface area contributed by atoms with Crippen LogP contribution in [-0.2, 0) is 15.4 Å². The highest BCUT2D eigenvalue weighted by Gasteiger charge is 2.23. The number of amides is 1. The average molecular weight is 549 g/mol. The van der Waals surface area contributed by atoms with Crippen molar-refractivity contribution in [3.63, 3.8) is 0 Å². The van der Waals surface area contributed by atoms with Gasteiger partial charge in [-0.1, -0.05) is 87.4 Å². The second-order valence-corrected chi connectivity index (χ2v) is 13.4. The molecule has 0 bridgehead atoms. The number of thiophene rings is 1. The molecule has 6 nitrogen and oxygen atoms in total. The van der Waals surface area contributed by atoms with Crippen LogP contribution in [0.15, 0.2) is 77.7 Å². The van der Waals surface area contributed by atoms with E-state index < -0.39 is 16.1 Å². The van der Waals surface area contributed by atoms with Gasteiger partial charge in [0.2, 0.25) is 0 Å². The number of anilines is 1. The lowest BCUT2D eigenvalue weighted by atomic mass is 9.87. The minimum absolute atomic E-state index is 0.0681. The van der Waals surface area contributed by atoms with Crippen LogP contribution in [0.25, 0.3) is 21.2 Å². The first kappa shape index (κ1) is 26.3. The van der Waals surface area contributed by atoms with Crippen molar-refractivity contribution in [3.05, 3.63) is 78.4 Å². The largest absolute Gasteiger partial charge is 0.413 e. The standard InChI is InChI=1S/C30H32N2O4S2/c1-30(2,3)21-13-16-24(17-14-21)38(34,35)32-23-15-18-26-25(19-23)27(20-9-5-4-6-10-20)28(37-26)36-29(33)31-22-11-7-8-12-22/h4-6,9-10,13-19,22,32H,7-8,11-12H2,1-3H3,(H,31,33). The number of carbonyl (C=O) groups is 1. The number of sulfonamides is 1. The number of fused-ring (bicyclic) bond motifs is 1. The van der Waals surface area contributed by atoms with Gasteiger partial charge < -0.3 is 10.1 Å². The average Bonchev–Trinajstić information content (AvgIpc) is 3.51. The molecule has 2 N–H and O–H groups in total. The fraction of sp³-hybridized carbons (Fsp3) is 0.300. The zero-order chi connectivity index (χ0) is 26.9. The van der Waals surface area contributed by atoms with E-state index >= 15 is 0 Å². The summed E-state index contributed by atoms with van der Waals surface area (Å²) in [5, 5.41) is 4.28. The Morgan fingerprint density at radius 1 is 0.947 bits per heavy atom. The fourth-order valence-corrected chi connectivity index (χ4v) is 6.89. The first-order chi connectivity index (χ1) is 18.1. The van der Waals surface area contributed by atoms with Crippen molar-refractivity contribution in [3.8, 4) is 16.2 Å². The third-order valence-electron chi connectivity index (χ3n) is 6.86. The van der Waals surface area contributed by atoms with E-state index in [1.807, 2.05) is 48.5 Å². The molecule has 198 valence electrons. The van der Waals surface area contributed by atoms with Gasteiger partial charge in [-0.3, -0.25) is 4.72 Å². The first-order valence-electron chi connectivity index (χ1n) is 12.8. The zero-order valence-corrected chi connectivity index (χ0v) is 23.4. The Morgan fingerprint density at radius 3 is 2.29 bits per heavy atom. The number of hydrogen-bond acceptors (Lipinski definition) is 5. The summed E-state index contributed by atoms with van der Waals surface area (Å²) in [6.45, 7) is 6.27. The molecule has 1 aliphatic carbocycles. The van der Waals surface area contributed by atoms with Crippen LogP contribution < -0.4 is 14.8 Å². The summed E-state index contributed by atoms with van der Waals surface area (Å²) in [7, 11) is -3.79. The predicted molar refractivity (Wildman–Crippen MR) is 155 cm³/mol. The van der Waals surface area contributed by atoms with Gasteiger partial charge in [0.15, 0.2) is 5.06 Å². The lowest BCUT2D eigenvalue weighted by Gasteiger charge is -2.19. The van der Waals surface area contributed by atoms with Crippen LogP contribution in [0.2, 0.25) is 0 Å². The van der Waals surface area contributed by atoms with Gasteiger partial charge in [-0.25, -0.2) is 13.2 Å². The number of nitrogens with one attached hydrogen (secondary N) is 2. The summed E-state index contributed by atoms with van der Waals surface area (Å²) in [6, 6.07) is 22.2. The van der Waals surface area contributed by atoms with Crippen molar-refractivity contribution in [2.75, 3.05) is 4.72 Å². The van der Waals surface area contributed by atoms with Crippen molar-refractivity contribution in [1.29, 1.82) is 0 Å². The lowest BCUT2D eigenvalue weighted by Crippen LogP contribution is -2.34. The molecule has 3 aromatic carbocycles. The van der Waals surface area contributed by atoms with Crippen molar-refractivity contribution in [2.45, 2.75) is 62.8 Å². The van der Waals surface area contributed by atoms with E-state index in [1.165, 1.54) is 11.3 Å². The monoisotopic (exact) mass is 548 g/mol. The molecule has 1 saturated carbocycles. The van der Waals surface area contributed by atoms with Crippen LogP contribution in [0.5, 0.6) is 5.06 Å². The number of rotatable bonds is 6. The Hall–Kier alpha value is -3.36. The third-order valence-corrected chi connectivity index (χ3v) is 9.31. The summed E-state index contributed by atoms with van der Waals surface area (Å²) >= 11 is 1.37. The Balaban J connectivity index is 1.47. The fourth-order valence-electron chi connectivity index (χ4n) is 4.79. The molecule has 0 aliphatic heterocycles. The Kier molecular flexibility index (Phi) is 7.20. The molecule has 5 rings (SSSR count). The van der Waals surface area contributed by atoms with E-state index in [4.69, 9.17) is 4.74 Å². The second kappa shape index (κ2) is 10.4. The summed E-state index contributed by atoms with van der Waals surface area (Å²) in [5.74, 6) is 0. The Bertz CT molecular complexity index is 1550. The molecule has 0 radical (unpaired) electrons. The number of carbonyl (C=O) groups excluding carboxylic acids is 1. The maximum absolute atomic E-state index is 13.2. The van der Waals surface area contributed by atoms with E-state index in [-0.39, 0.29) is 16.4 Å². The lowest BCUT2D eigenvalue weighted by molar-refractivity contribution is 0.198. The van der Waals surface area contributed by atoms with E-state index in [9.17, 15) is 13.2 Å². The van der Waals surface area contributed by atoms with E-state index in [0.717, 1.165) is 52.5 Å². The summed E-state index contributed by atoms with van der Waals surface area (Å²) < 4.78 is 35.8. The third kappa shape index (κ3) is 5.71. The molecule has 0 saturated heterocycles. The molecular formula is C30H32N2O4S2. The van der Waals surface area contributed by atoms with Crippen molar-refractivity contribution < 1.29 is 17.9 Å². The van der Waals surface area contributed by atoms with Gasteiger partial charge in [0.05, 0.1) is 4.90 Å². The minimum Gasteiger partial charge on any atom is -0.398 e. The van der Waals surface area contributed by atoms with Gasteiger partial charge in [-0.15, -0.1) is 0 Å². The zero-order valence-electron chi connectivity index (χ0n) is 21.8. The number of ether oxygens (including phenoxy) is 1. The molecule has 1 fully saturated rings. The number of hydrogen-bond donors (Lipinski definition) is 2. The molecular weight excluding hydrogens is 516 g/mol. The SMILES string of the molecule is CC(C)(C)c1ccc(S(=O)(=O)Nc2ccc3sc(OC(=O)NC4CCCC4)c(-c4ccccc4)c3c2)cc1. The molecule has 0 atom stereocenters. The molecule has 38 heavy (non-hydrogen) atoms. The predicted octanol–water partition coefficient (Wildman–Crippen LogP) is 7.70. The Labute approximate surface area is 228 Å². The van der Waals surface area contributed by atoms with E-state index in [0.29, 0.717) is 10.8 Å². The van der Waals surface area contributed by atoms with Crippen LogP contribution >= 0.6 is 11.3 Å². The van der Waals surface area contributed by atoms with Gasteiger partial charge in [-0.05, 0) is 59.7 Å². The van der Waals surface area contributed by atoms with Gasteiger partial charge >= 0.3 is 6.09 Å². The first-order valence-corrected chi connectivity index (χ1v) is 15.1. The van der Waals surface area contributed by atoms with Crippen LogP contribution in [-0.4, -0.2) is 20.6 Å². The maximum atomic E-state index is 13.2. The summed E-state index contributed by atoms with van der Waals surface area (Å²) in [6.07, 6.45) is 3.70. The molecule has 4 aromatic rings. The molecule has 1 heterocycles. The molecule has 0 spiro atoms. The van der Waals surface area contributed by atoms with E-state index in [2.05, 4.69) is 30.8 Å². The Morgan fingerprint density at radius 2 is 1.63 bits per heavy atom. The summed E-state index contributed by atoms with van der Waals surface area (Å²) in [5.41, 5.74) is 3.09. The minimum atomic E-state index is -3.79. The summed E-state index contributed by atoms with van der Waals surface area (Å²) in [4.78, 5) is 12.9. The van der Waals surface area contributed by atoms with Crippen molar-refractivity contribution >= 4 is 43.2 Å².